The lowest BCUT2D eigenvalue weighted by molar-refractivity contribution is -0.117. The van der Waals surface area contributed by atoms with Crippen LogP contribution >= 0.6 is 0 Å². The van der Waals surface area contributed by atoms with E-state index in [-0.39, 0.29) is 18.4 Å². The minimum atomic E-state index is -0.393. The van der Waals surface area contributed by atoms with Gasteiger partial charge in [0.05, 0.1) is 24.0 Å². The van der Waals surface area contributed by atoms with Gasteiger partial charge in [-0.1, -0.05) is 24.3 Å². The van der Waals surface area contributed by atoms with E-state index in [1.165, 1.54) is 16.9 Å². The van der Waals surface area contributed by atoms with Crippen LogP contribution in [0.25, 0.3) is 5.69 Å². The molecule has 2 heterocycles. The molecule has 33 heavy (non-hydrogen) atoms. The van der Waals surface area contributed by atoms with Crippen molar-refractivity contribution in [3.63, 3.8) is 0 Å². The molecule has 1 N–H and O–H groups in total. The Morgan fingerprint density at radius 2 is 1.73 bits per heavy atom. The number of carbonyl (C=O) groups excluding carboxylic acids is 2. The van der Waals surface area contributed by atoms with Crippen LogP contribution in [0.5, 0.6) is 0 Å². The van der Waals surface area contributed by atoms with Crippen LogP contribution in [0.15, 0.2) is 48.7 Å². The average Bonchev–Trinajstić information content (AvgIpc) is 3.18. The van der Waals surface area contributed by atoms with E-state index in [9.17, 15) is 14.0 Å². The zero-order valence-corrected chi connectivity index (χ0v) is 19.1. The molecule has 172 valence electrons. The van der Waals surface area contributed by atoms with Gasteiger partial charge in [0.15, 0.2) is 0 Å². The first-order valence-electron chi connectivity index (χ1n) is 11.0. The minimum absolute atomic E-state index is 0.0644. The Morgan fingerprint density at radius 3 is 2.45 bits per heavy atom. The summed E-state index contributed by atoms with van der Waals surface area (Å²) in [5.41, 5.74) is 4.39. The zero-order valence-electron chi connectivity index (χ0n) is 19.1. The second-order valence-electron chi connectivity index (χ2n) is 8.37. The fourth-order valence-corrected chi connectivity index (χ4v) is 4.04. The molecular formula is C25H28FN5O2. The van der Waals surface area contributed by atoms with Gasteiger partial charge in [0.25, 0.3) is 5.91 Å². The number of nitrogens with zero attached hydrogens (tertiary/aromatic N) is 4. The fourth-order valence-electron chi connectivity index (χ4n) is 4.04. The summed E-state index contributed by atoms with van der Waals surface area (Å²) < 4.78 is 15.6. The largest absolute Gasteiger partial charge is 0.336 e. The summed E-state index contributed by atoms with van der Waals surface area (Å²) in [6, 6.07) is 12.2. The topological polar surface area (TPSA) is 70.5 Å². The van der Waals surface area contributed by atoms with Crippen LogP contribution in [0.3, 0.4) is 0 Å². The van der Waals surface area contributed by atoms with Crippen molar-refractivity contribution in [1.82, 2.24) is 19.6 Å². The van der Waals surface area contributed by atoms with Gasteiger partial charge in [-0.05, 0) is 50.1 Å². The van der Waals surface area contributed by atoms with E-state index in [4.69, 9.17) is 0 Å². The normalized spacial score (nSPS) is 14.4. The number of hydrogen-bond acceptors (Lipinski definition) is 4. The SMILES string of the molecule is Cc1cccc(NC(=O)CN2CCN(C(=O)c3cnn(-c4ccccc4F)c3C)CC2)c1C. The summed E-state index contributed by atoms with van der Waals surface area (Å²) >= 11 is 0. The number of rotatable bonds is 5. The molecule has 0 spiro atoms. The summed E-state index contributed by atoms with van der Waals surface area (Å²) in [4.78, 5) is 29.4. The molecule has 3 aromatic rings. The van der Waals surface area contributed by atoms with Gasteiger partial charge < -0.3 is 10.2 Å². The highest BCUT2D eigenvalue weighted by Gasteiger charge is 2.26. The molecular weight excluding hydrogens is 421 g/mol. The van der Waals surface area contributed by atoms with Crippen molar-refractivity contribution in [3.05, 3.63) is 76.9 Å². The number of amides is 2. The zero-order chi connectivity index (χ0) is 23.5. The maximum atomic E-state index is 14.2. The van der Waals surface area contributed by atoms with Crippen LogP contribution in [0, 0.1) is 26.6 Å². The standard InChI is InChI=1S/C25H28FN5O2/c1-17-7-6-9-22(18(17)2)28-24(32)16-29-11-13-30(14-12-29)25(33)20-15-27-31(19(20)3)23-10-5-4-8-21(23)26/h4-10,15H,11-14,16H2,1-3H3,(H,28,32). The number of carbonyl (C=O) groups is 2. The van der Waals surface area contributed by atoms with Crippen LogP contribution in [0.1, 0.15) is 27.2 Å². The van der Waals surface area contributed by atoms with Crippen molar-refractivity contribution < 1.29 is 14.0 Å². The molecule has 1 aromatic heterocycles. The predicted octanol–water partition coefficient (Wildman–Crippen LogP) is 3.33. The number of aromatic nitrogens is 2. The first kappa shape index (κ1) is 22.7. The van der Waals surface area contributed by atoms with Crippen LogP contribution in [0.2, 0.25) is 0 Å². The number of anilines is 1. The van der Waals surface area contributed by atoms with E-state index in [0.717, 1.165) is 16.8 Å². The smallest absolute Gasteiger partial charge is 0.257 e. The summed E-state index contributed by atoms with van der Waals surface area (Å²) in [5, 5.41) is 7.22. The van der Waals surface area contributed by atoms with Crippen LogP contribution < -0.4 is 5.32 Å². The van der Waals surface area contributed by atoms with Crippen molar-refractivity contribution in [2.24, 2.45) is 0 Å². The lowest BCUT2D eigenvalue weighted by atomic mass is 10.1. The second-order valence-corrected chi connectivity index (χ2v) is 8.37. The molecule has 2 amide bonds. The van der Waals surface area contributed by atoms with Crippen LogP contribution in [-0.2, 0) is 4.79 Å². The molecule has 0 bridgehead atoms. The van der Waals surface area contributed by atoms with Gasteiger partial charge in [-0.2, -0.15) is 5.10 Å². The third-order valence-electron chi connectivity index (χ3n) is 6.23. The highest BCUT2D eigenvalue weighted by molar-refractivity contribution is 5.95. The molecule has 7 nitrogen and oxygen atoms in total. The Morgan fingerprint density at radius 1 is 1.00 bits per heavy atom. The number of aryl methyl sites for hydroxylation is 1. The quantitative estimate of drug-likeness (QED) is 0.649. The molecule has 2 aromatic carbocycles. The van der Waals surface area contributed by atoms with E-state index < -0.39 is 5.82 Å². The van der Waals surface area contributed by atoms with Crippen molar-refractivity contribution >= 4 is 17.5 Å². The van der Waals surface area contributed by atoms with Crippen molar-refractivity contribution in [1.29, 1.82) is 0 Å². The van der Waals surface area contributed by atoms with Gasteiger partial charge in [0, 0.05) is 31.9 Å². The first-order chi connectivity index (χ1) is 15.8. The van der Waals surface area contributed by atoms with Gasteiger partial charge in [-0.15, -0.1) is 0 Å². The minimum Gasteiger partial charge on any atom is -0.336 e. The Labute approximate surface area is 192 Å². The van der Waals surface area contributed by atoms with E-state index in [1.807, 2.05) is 36.9 Å². The molecule has 1 aliphatic rings. The highest BCUT2D eigenvalue weighted by Crippen LogP contribution is 2.20. The number of hydrogen-bond donors (Lipinski definition) is 1. The molecule has 1 aliphatic heterocycles. The summed E-state index contributed by atoms with van der Waals surface area (Å²) in [5.74, 6) is -0.587. The molecule has 8 heteroatoms. The lowest BCUT2D eigenvalue weighted by Gasteiger charge is -2.34. The predicted molar refractivity (Wildman–Crippen MR) is 125 cm³/mol. The van der Waals surface area contributed by atoms with Gasteiger partial charge in [-0.25, -0.2) is 9.07 Å². The number of halogens is 1. The summed E-state index contributed by atoms with van der Waals surface area (Å²) in [7, 11) is 0. The number of para-hydroxylation sites is 1. The third kappa shape index (κ3) is 4.80. The maximum absolute atomic E-state index is 14.2. The first-order valence-corrected chi connectivity index (χ1v) is 11.0. The molecule has 0 saturated carbocycles. The molecule has 1 saturated heterocycles. The fraction of sp³-hybridized carbons (Fsp3) is 0.320. The number of piperazine rings is 1. The van der Waals surface area contributed by atoms with E-state index >= 15 is 0 Å². The number of nitrogens with one attached hydrogen (secondary N) is 1. The summed E-state index contributed by atoms with van der Waals surface area (Å²) in [6.07, 6.45) is 1.49. The molecule has 0 radical (unpaired) electrons. The lowest BCUT2D eigenvalue weighted by Crippen LogP contribution is -2.50. The third-order valence-corrected chi connectivity index (χ3v) is 6.23. The number of benzene rings is 2. The van der Waals surface area contributed by atoms with E-state index in [0.29, 0.717) is 43.1 Å². The molecule has 0 unspecified atom stereocenters. The highest BCUT2D eigenvalue weighted by atomic mass is 19.1. The monoisotopic (exact) mass is 449 g/mol. The Balaban J connectivity index is 1.34. The van der Waals surface area contributed by atoms with Crippen LogP contribution in [0.4, 0.5) is 10.1 Å². The van der Waals surface area contributed by atoms with Gasteiger partial charge in [-0.3, -0.25) is 14.5 Å². The van der Waals surface area contributed by atoms with Crippen molar-refractivity contribution in [2.45, 2.75) is 20.8 Å². The average molecular weight is 450 g/mol. The van der Waals surface area contributed by atoms with E-state index in [2.05, 4.69) is 10.4 Å². The summed E-state index contributed by atoms with van der Waals surface area (Å²) in [6.45, 7) is 8.29. The second kappa shape index (κ2) is 9.54. The van der Waals surface area contributed by atoms with Crippen molar-refractivity contribution in [3.8, 4) is 5.69 Å². The molecule has 0 aliphatic carbocycles. The Bertz CT molecular complexity index is 1180. The Hall–Kier alpha value is -3.52. The van der Waals surface area contributed by atoms with E-state index in [1.54, 1.807) is 30.0 Å². The maximum Gasteiger partial charge on any atom is 0.257 e. The van der Waals surface area contributed by atoms with Crippen LogP contribution in [-0.4, -0.2) is 64.1 Å². The Kier molecular flexibility index (Phi) is 6.55. The van der Waals surface area contributed by atoms with Gasteiger partial charge in [0.2, 0.25) is 5.91 Å². The molecule has 1 fully saturated rings. The molecule has 0 atom stereocenters. The van der Waals surface area contributed by atoms with Crippen molar-refractivity contribution in [2.75, 3.05) is 38.0 Å². The van der Waals surface area contributed by atoms with Gasteiger partial charge >= 0.3 is 0 Å². The molecule has 4 rings (SSSR count). The van der Waals surface area contributed by atoms with Gasteiger partial charge in [0.1, 0.15) is 11.5 Å².